The molecule has 4 nitrogen and oxygen atoms in total. The predicted octanol–water partition coefficient (Wildman–Crippen LogP) is 8.07. The molecule has 0 bridgehead atoms. The topological polar surface area (TPSA) is 58.2 Å². The summed E-state index contributed by atoms with van der Waals surface area (Å²) in [5.41, 5.74) is 0.927. The molecule has 0 aliphatic heterocycles. The van der Waals surface area contributed by atoms with Crippen LogP contribution >= 0.6 is 0 Å². The zero-order valence-corrected chi connectivity index (χ0v) is 26.7. The van der Waals surface area contributed by atoms with Gasteiger partial charge in [0.05, 0.1) is 0 Å². The van der Waals surface area contributed by atoms with Crippen LogP contribution in [0.25, 0.3) is 0 Å². The molecule has 0 unspecified atom stereocenters. The SMILES string of the molecule is CCCCC(=O)Nc1ccc(F)[c]([Ti]([C]2=C(C)C=CC2)([C]2=C(C)C=CC2)[c]2c(F)ccc(NC(=O)CCCC)c2F)c1F. The number of hydrogen-bond donors (Lipinski definition) is 2. The number of carbonyl (C=O) groups excluding carboxylic acids is 2. The first kappa shape index (κ1) is 32.7. The van der Waals surface area contributed by atoms with Crippen molar-refractivity contribution in [2.24, 2.45) is 0 Å². The van der Waals surface area contributed by atoms with E-state index in [0.29, 0.717) is 31.7 Å². The van der Waals surface area contributed by atoms with Crippen LogP contribution in [0.4, 0.5) is 28.9 Å². The van der Waals surface area contributed by atoms with Crippen LogP contribution in [0.15, 0.2) is 67.5 Å². The summed E-state index contributed by atoms with van der Waals surface area (Å²) in [5.74, 6) is -4.78. The van der Waals surface area contributed by atoms with Gasteiger partial charge in [-0.25, -0.2) is 0 Å². The van der Waals surface area contributed by atoms with Crippen LogP contribution in [0.3, 0.4) is 0 Å². The first-order valence-corrected chi connectivity index (χ1v) is 18.0. The van der Waals surface area contributed by atoms with Crippen LogP contribution in [0.2, 0.25) is 0 Å². The van der Waals surface area contributed by atoms with Gasteiger partial charge < -0.3 is 0 Å². The van der Waals surface area contributed by atoms with Gasteiger partial charge in [0.1, 0.15) is 0 Å². The normalized spacial score (nSPS) is 14.7. The molecule has 2 aliphatic carbocycles. The number of unbranched alkanes of at least 4 members (excludes halogenated alkanes) is 2. The summed E-state index contributed by atoms with van der Waals surface area (Å²) >= 11 is -5.17. The number of amides is 2. The van der Waals surface area contributed by atoms with Crippen molar-refractivity contribution in [2.75, 3.05) is 10.6 Å². The molecule has 0 saturated heterocycles. The quantitative estimate of drug-likeness (QED) is 0.184. The Labute approximate surface area is 254 Å². The fraction of sp³-hybridized carbons (Fsp3) is 0.353. The van der Waals surface area contributed by atoms with Gasteiger partial charge in [-0.1, -0.05) is 0 Å². The van der Waals surface area contributed by atoms with Gasteiger partial charge in [0.25, 0.3) is 0 Å². The number of hydrogen-bond acceptors (Lipinski definition) is 2. The molecule has 0 saturated carbocycles. The molecular formula is C34H38F4N2O2Ti. The zero-order valence-electron chi connectivity index (χ0n) is 25.1. The summed E-state index contributed by atoms with van der Waals surface area (Å²) in [5, 5.41) is 5.14. The molecule has 0 fully saturated rings. The fourth-order valence-electron chi connectivity index (χ4n) is 6.12. The Morgan fingerprint density at radius 1 is 0.698 bits per heavy atom. The molecule has 228 valence electrons. The Hall–Kier alpha value is -3.23. The van der Waals surface area contributed by atoms with E-state index in [1.165, 1.54) is 0 Å². The number of allylic oxidation sites excluding steroid dienone is 8. The molecule has 0 atom stereocenters. The van der Waals surface area contributed by atoms with E-state index in [2.05, 4.69) is 10.6 Å². The van der Waals surface area contributed by atoms with Gasteiger partial charge in [0.15, 0.2) is 0 Å². The van der Waals surface area contributed by atoms with Crippen LogP contribution in [0.1, 0.15) is 79.1 Å². The van der Waals surface area contributed by atoms with E-state index in [4.69, 9.17) is 0 Å². The van der Waals surface area contributed by atoms with Crippen molar-refractivity contribution in [3.8, 4) is 0 Å². The molecule has 0 heterocycles. The molecule has 2 aliphatic rings. The molecule has 2 aromatic rings. The maximum atomic E-state index is 16.9. The van der Waals surface area contributed by atoms with Gasteiger partial charge in [-0.15, -0.1) is 0 Å². The van der Waals surface area contributed by atoms with Crippen molar-refractivity contribution in [1.29, 1.82) is 0 Å². The summed E-state index contributed by atoms with van der Waals surface area (Å²) in [6, 6.07) is 4.45. The van der Waals surface area contributed by atoms with E-state index in [9.17, 15) is 9.59 Å². The van der Waals surface area contributed by atoms with Crippen LogP contribution in [0, 0.1) is 23.3 Å². The Morgan fingerprint density at radius 2 is 1.09 bits per heavy atom. The maximum absolute atomic E-state index is 16.9. The number of carbonyl (C=O) groups is 2. The van der Waals surface area contributed by atoms with Crippen LogP contribution in [-0.2, 0) is 26.2 Å². The van der Waals surface area contributed by atoms with Crippen LogP contribution in [-0.4, -0.2) is 11.8 Å². The molecule has 0 spiro atoms. The number of nitrogens with one attached hydrogen (secondary N) is 2. The van der Waals surface area contributed by atoms with Crippen molar-refractivity contribution in [2.45, 2.75) is 79.1 Å². The third-order valence-corrected chi connectivity index (χ3v) is 16.7. The van der Waals surface area contributed by atoms with Gasteiger partial charge in [0, 0.05) is 0 Å². The molecule has 2 aromatic carbocycles. The molecule has 0 radical (unpaired) electrons. The predicted molar refractivity (Wildman–Crippen MR) is 161 cm³/mol. The van der Waals surface area contributed by atoms with Crippen molar-refractivity contribution in [3.05, 3.63) is 90.7 Å². The molecule has 2 amide bonds. The van der Waals surface area contributed by atoms with Gasteiger partial charge in [-0.05, 0) is 0 Å². The minimum atomic E-state index is -5.17. The second-order valence-corrected chi connectivity index (χ2v) is 16.9. The summed E-state index contributed by atoms with van der Waals surface area (Å²) in [7, 11) is 0. The molecule has 9 heteroatoms. The number of rotatable bonds is 12. The summed E-state index contributed by atoms with van der Waals surface area (Å²) in [4.78, 5) is 25.3. The van der Waals surface area contributed by atoms with Gasteiger partial charge >= 0.3 is 255 Å². The van der Waals surface area contributed by atoms with E-state index in [-0.39, 0.29) is 37.1 Å². The average Bonchev–Trinajstić information content (AvgIpc) is 3.61. The monoisotopic (exact) mass is 630 g/mol. The molecular weight excluding hydrogens is 592 g/mol. The number of halogens is 4. The Kier molecular flexibility index (Phi) is 10.7. The van der Waals surface area contributed by atoms with Gasteiger partial charge in [-0.3, -0.25) is 0 Å². The second kappa shape index (κ2) is 14.0. The summed E-state index contributed by atoms with van der Waals surface area (Å²) in [6.45, 7) is 7.42. The van der Waals surface area contributed by atoms with Crippen molar-refractivity contribution >= 4 is 30.9 Å². The fourth-order valence-corrected chi connectivity index (χ4v) is 15.2. The van der Waals surface area contributed by atoms with E-state index in [1.807, 2.05) is 38.2 Å². The number of benzene rings is 2. The van der Waals surface area contributed by atoms with E-state index in [0.717, 1.165) is 37.1 Å². The standard InChI is InChI=1S/2C11H12F2NO.2C6H7.Ti/c2*1-2-3-4-11(15)14-10-6-5-8(12)7-9(10)13;2*1-6-4-2-3-5-6;/h2*5-6H,2-4H2,1H3,(H,14,15);2*2,4H,3H2,1H3;. The van der Waals surface area contributed by atoms with E-state index in [1.54, 1.807) is 13.8 Å². The minimum absolute atomic E-state index is 0.153. The molecule has 43 heavy (non-hydrogen) atoms. The van der Waals surface area contributed by atoms with E-state index < -0.39 is 59.4 Å². The first-order valence-electron chi connectivity index (χ1n) is 14.9. The number of anilines is 2. The van der Waals surface area contributed by atoms with Crippen molar-refractivity contribution in [3.63, 3.8) is 0 Å². The first-order chi connectivity index (χ1) is 20.6. The van der Waals surface area contributed by atoms with Crippen molar-refractivity contribution < 1.29 is 43.7 Å². The second-order valence-electron chi connectivity index (χ2n) is 11.2. The molecule has 4 rings (SSSR count). The summed E-state index contributed by atoms with van der Waals surface area (Å²) in [6.07, 6.45) is 10.8. The van der Waals surface area contributed by atoms with E-state index >= 15 is 17.6 Å². The third-order valence-electron chi connectivity index (χ3n) is 8.23. The summed E-state index contributed by atoms with van der Waals surface area (Å²) < 4.78 is 66.8. The Bertz CT molecular complexity index is 1440. The average molecular weight is 631 g/mol. The molecule has 0 aromatic heterocycles. The zero-order chi connectivity index (χ0) is 31.3. The Morgan fingerprint density at radius 3 is 1.42 bits per heavy atom. The van der Waals surface area contributed by atoms with Crippen molar-refractivity contribution in [1.82, 2.24) is 0 Å². The van der Waals surface area contributed by atoms with Gasteiger partial charge in [-0.2, -0.15) is 0 Å². The third kappa shape index (κ3) is 6.36. The van der Waals surface area contributed by atoms with Crippen LogP contribution in [0.5, 0.6) is 0 Å². The Balaban J connectivity index is 2.09. The van der Waals surface area contributed by atoms with Crippen LogP contribution < -0.4 is 18.4 Å². The van der Waals surface area contributed by atoms with Gasteiger partial charge in [0.2, 0.25) is 0 Å². The molecule has 2 N–H and O–H groups in total.